The summed E-state index contributed by atoms with van der Waals surface area (Å²) in [7, 11) is 0. The van der Waals surface area contributed by atoms with Crippen LogP contribution in [0.1, 0.15) is 25.0 Å². The van der Waals surface area contributed by atoms with E-state index in [1.807, 2.05) is 13.0 Å². The topological polar surface area (TPSA) is 69.6 Å². The Morgan fingerprint density at radius 2 is 2.28 bits per heavy atom. The highest BCUT2D eigenvalue weighted by Crippen LogP contribution is 2.40. The van der Waals surface area contributed by atoms with Gasteiger partial charge in [-0.1, -0.05) is 6.92 Å². The Hall–Kier alpha value is -0.560. The number of amides is 1. The van der Waals surface area contributed by atoms with E-state index in [1.54, 1.807) is 17.8 Å². The molecule has 18 heavy (non-hydrogen) atoms. The number of hydrogen-bond acceptors (Lipinski definition) is 4. The summed E-state index contributed by atoms with van der Waals surface area (Å²) in [5.41, 5.74) is 1.26. The lowest BCUT2D eigenvalue weighted by Gasteiger charge is -2.12. The van der Waals surface area contributed by atoms with Gasteiger partial charge in [-0.05, 0) is 34.5 Å². The largest absolute Gasteiger partial charge is 0.396 e. The fourth-order valence-electron chi connectivity index (χ4n) is 1.79. The molecule has 1 aliphatic heterocycles. The van der Waals surface area contributed by atoms with Gasteiger partial charge < -0.3 is 15.5 Å². The highest BCUT2D eigenvalue weighted by Gasteiger charge is 2.29. The molecule has 0 aromatic heterocycles. The molecule has 4 nitrogen and oxygen atoms in total. The third-order valence-electron chi connectivity index (χ3n) is 2.77. The first-order chi connectivity index (χ1) is 8.52. The normalized spacial score (nSPS) is 19.6. The number of carbonyl (C=O) groups excluding carboxylic acids is 1. The third-order valence-corrected chi connectivity index (χ3v) is 4.92. The summed E-state index contributed by atoms with van der Waals surface area (Å²) in [5, 5.41) is 21.5. The number of anilines is 1. The molecule has 2 rings (SSSR count). The Morgan fingerprint density at radius 3 is 2.94 bits per heavy atom. The van der Waals surface area contributed by atoms with Gasteiger partial charge in [0.15, 0.2) is 6.10 Å². The summed E-state index contributed by atoms with van der Waals surface area (Å²) >= 11 is 5.07. The van der Waals surface area contributed by atoms with E-state index in [-0.39, 0.29) is 17.8 Å². The smallest absolute Gasteiger partial charge is 0.257 e. The minimum absolute atomic E-state index is 0.159. The van der Waals surface area contributed by atoms with E-state index in [2.05, 4.69) is 21.2 Å². The summed E-state index contributed by atoms with van der Waals surface area (Å²) in [5.74, 6) is -0.387. The van der Waals surface area contributed by atoms with E-state index < -0.39 is 6.10 Å². The minimum atomic E-state index is -1.08. The third kappa shape index (κ3) is 2.71. The molecule has 0 saturated heterocycles. The van der Waals surface area contributed by atoms with Gasteiger partial charge in [0.1, 0.15) is 0 Å². The predicted molar refractivity (Wildman–Crippen MR) is 74.8 cm³/mol. The van der Waals surface area contributed by atoms with Crippen LogP contribution in [0.15, 0.2) is 21.5 Å². The van der Waals surface area contributed by atoms with Crippen molar-refractivity contribution in [3.05, 3.63) is 22.2 Å². The SMILES string of the molecule is CC(CCO)Sc1cc2c(cc1Br)C(O)C(=O)N2. The first kappa shape index (κ1) is 13.9. The maximum absolute atomic E-state index is 11.4. The van der Waals surface area contributed by atoms with E-state index >= 15 is 0 Å². The highest BCUT2D eigenvalue weighted by molar-refractivity contribution is 9.10. The Balaban J connectivity index is 2.24. The summed E-state index contributed by atoms with van der Waals surface area (Å²) in [6, 6.07) is 3.62. The molecule has 2 unspecified atom stereocenters. The van der Waals surface area contributed by atoms with Gasteiger partial charge in [0, 0.05) is 32.5 Å². The molecule has 98 valence electrons. The zero-order chi connectivity index (χ0) is 13.3. The molecule has 1 amide bonds. The van der Waals surface area contributed by atoms with Crippen molar-refractivity contribution in [2.24, 2.45) is 0 Å². The zero-order valence-corrected chi connectivity index (χ0v) is 12.2. The number of aliphatic hydroxyl groups is 2. The average Bonchev–Trinajstić information content (AvgIpc) is 2.57. The van der Waals surface area contributed by atoms with Gasteiger partial charge in [-0.3, -0.25) is 4.79 Å². The standard InChI is InChI=1S/C12H14BrNO3S/c1-6(2-3-15)18-10-5-9-7(4-8(10)13)11(16)12(17)14-9/h4-6,11,15-16H,2-3H2,1H3,(H,14,17). The molecule has 0 spiro atoms. The average molecular weight is 332 g/mol. The maximum Gasteiger partial charge on any atom is 0.257 e. The van der Waals surface area contributed by atoms with Crippen LogP contribution in [-0.2, 0) is 4.79 Å². The first-order valence-electron chi connectivity index (χ1n) is 5.63. The van der Waals surface area contributed by atoms with Crippen LogP contribution >= 0.6 is 27.7 Å². The fourth-order valence-corrected chi connectivity index (χ4v) is 3.45. The van der Waals surface area contributed by atoms with Crippen molar-refractivity contribution in [1.82, 2.24) is 0 Å². The van der Waals surface area contributed by atoms with Gasteiger partial charge in [0.2, 0.25) is 0 Å². The number of nitrogens with one attached hydrogen (secondary N) is 1. The van der Waals surface area contributed by atoms with Crippen LogP contribution in [0.4, 0.5) is 5.69 Å². The lowest BCUT2D eigenvalue weighted by atomic mass is 10.1. The lowest BCUT2D eigenvalue weighted by molar-refractivity contribution is -0.123. The quantitative estimate of drug-likeness (QED) is 0.740. The summed E-state index contributed by atoms with van der Waals surface area (Å²) in [4.78, 5) is 12.4. The summed E-state index contributed by atoms with van der Waals surface area (Å²) in [6.45, 7) is 2.19. The Kier molecular flexibility index (Phi) is 4.32. The summed E-state index contributed by atoms with van der Waals surface area (Å²) in [6.07, 6.45) is -0.367. The Morgan fingerprint density at radius 1 is 1.56 bits per heavy atom. The minimum Gasteiger partial charge on any atom is -0.396 e. The number of thioether (sulfide) groups is 1. The molecule has 0 radical (unpaired) electrons. The van der Waals surface area contributed by atoms with Crippen LogP contribution in [0.25, 0.3) is 0 Å². The molecule has 0 aliphatic carbocycles. The molecule has 1 aliphatic rings. The zero-order valence-electron chi connectivity index (χ0n) is 9.81. The van der Waals surface area contributed by atoms with Crippen molar-refractivity contribution in [2.45, 2.75) is 29.6 Å². The molecular weight excluding hydrogens is 318 g/mol. The second-order valence-electron chi connectivity index (χ2n) is 4.20. The number of aliphatic hydroxyl groups excluding tert-OH is 2. The predicted octanol–water partition coefficient (Wildman–Crippen LogP) is 2.30. The maximum atomic E-state index is 11.4. The second-order valence-corrected chi connectivity index (χ2v) is 6.54. The molecule has 0 fully saturated rings. The monoisotopic (exact) mass is 331 g/mol. The van der Waals surface area contributed by atoms with Gasteiger partial charge in [-0.2, -0.15) is 0 Å². The number of rotatable bonds is 4. The molecule has 3 N–H and O–H groups in total. The van der Waals surface area contributed by atoms with Crippen LogP contribution in [0.2, 0.25) is 0 Å². The van der Waals surface area contributed by atoms with Crippen LogP contribution in [-0.4, -0.2) is 28.0 Å². The molecule has 1 aromatic rings. The number of carbonyl (C=O) groups is 1. The second kappa shape index (κ2) is 5.61. The van der Waals surface area contributed by atoms with Crippen molar-refractivity contribution in [2.75, 3.05) is 11.9 Å². The van der Waals surface area contributed by atoms with Gasteiger partial charge in [0.25, 0.3) is 5.91 Å². The first-order valence-corrected chi connectivity index (χ1v) is 7.30. The van der Waals surface area contributed by atoms with Crippen LogP contribution < -0.4 is 5.32 Å². The highest BCUT2D eigenvalue weighted by atomic mass is 79.9. The van der Waals surface area contributed by atoms with E-state index in [9.17, 15) is 9.90 Å². The molecular formula is C12H14BrNO3S. The van der Waals surface area contributed by atoms with Crippen molar-refractivity contribution >= 4 is 39.3 Å². The fraction of sp³-hybridized carbons (Fsp3) is 0.417. The Labute approximate surface area is 118 Å². The van der Waals surface area contributed by atoms with Crippen molar-refractivity contribution in [3.63, 3.8) is 0 Å². The molecule has 6 heteroatoms. The van der Waals surface area contributed by atoms with E-state index in [1.165, 1.54) is 0 Å². The van der Waals surface area contributed by atoms with Crippen molar-refractivity contribution in [1.29, 1.82) is 0 Å². The number of hydrogen-bond donors (Lipinski definition) is 3. The Bertz CT molecular complexity index is 481. The van der Waals surface area contributed by atoms with Crippen LogP contribution in [0.3, 0.4) is 0 Å². The lowest BCUT2D eigenvalue weighted by Crippen LogP contribution is -2.10. The summed E-state index contributed by atoms with van der Waals surface area (Å²) < 4.78 is 0.853. The number of fused-ring (bicyclic) bond motifs is 1. The van der Waals surface area contributed by atoms with Gasteiger partial charge in [0.05, 0.1) is 0 Å². The van der Waals surface area contributed by atoms with Gasteiger partial charge >= 0.3 is 0 Å². The molecule has 1 aromatic carbocycles. The van der Waals surface area contributed by atoms with Crippen LogP contribution in [0.5, 0.6) is 0 Å². The van der Waals surface area contributed by atoms with Crippen LogP contribution in [0, 0.1) is 0 Å². The van der Waals surface area contributed by atoms with E-state index in [0.29, 0.717) is 17.7 Å². The molecule has 2 atom stereocenters. The van der Waals surface area contributed by atoms with Crippen molar-refractivity contribution < 1.29 is 15.0 Å². The van der Waals surface area contributed by atoms with Gasteiger partial charge in [-0.25, -0.2) is 0 Å². The van der Waals surface area contributed by atoms with E-state index in [0.717, 1.165) is 9.37 Å². The number of benzene rings is 1. The van der Waals surface area contributed by atoms with E-state index in [4.69, 9.17) is 5.11 Å². The molecule has 0 saturated carbocycles. The van der Waals surface area contributed by atoms with Crippen molar-refractivity contribution in [3.8, 4) is 0 Å². The molecule has 1 heterocycles. The number of halogens is 1. The molecule has 0 bridgehead atoms. The van der Waals surface area contributed by atoms with Gasteiger partial charge in [-0.15, -0.1) is 11.8 Å².